The third-order valence-corrected chi connectivity index (χ3v) is 8.98. The Morgan fingerprint density at radius 1 is 0.920 bits per heavy atom. The van der Waals surface area contributed by atoms with Crippen LogP contribution in [0.15, 0.2) is 36.4 Å². The molecule has 50 heavy (non-hydrogen) atoms. The van der Waals surface area contributed by atoms with Gasteiger partial charge in [-0.2, -0.15) is 13.2 Å². The van der Waals surface area contributed by atoms with Gasteiger partial charge in [0.15, 0.2) is 5.41 Å². The first-order valence-corrected chi connectivity index (χ1v) is 15.9. The molecule has 1 aliphatic carbocycles. The summed E-state index contributed by atoms with van der Waals surface area (Å²) in [5.74, 6) is 3.53. The van der Waals surface area contributed by atoms with Crippen LogP contribution < -0.4 is 9.47 Å². The lowest BCUT2D eigenvalue weighted by Crippen LogP contribution is -2.54. The molecule has 1 aliphatic heterocycles. The maximum absolute atomic E-state index is 14.4. The van der Waals surface area contributed by atoms with Crippen LogP contribution in [0, 0.1) is 38.0 Å². The summed E-state index contributed by atoms with van der Waals surface area (Å²) in [6, 6.07) is 10.5. The van der Waals surface area contributed by atoms with Gasteiger partial charge >= 0.3 is 24.1 Å². The van der Waals surface area contributed by atoms with Crippen molar-refractivity contribution >= 4 is 17.9 Å². The smallest absolute Gasteiger partial charge is 0.428 e. The summed E-state index contributed by atoms with van der Waals surface area (Å²) in [7, 11) is 2.33. The summed E-state index contributed by atoms with van der Waals surface area (Å²) in [5, 5.41) is 10.9. The largest absolute Gasteiger partial charge is 0.488 e. The third-order valence-electron chi connectivity index (χ3n) is 8.98. The molecule has 0 spiro atoms. The predicted molar refractivity (Wildman–Crippen MR) is 174 cm³/mol. The normalized spacial score (nSPS) is 15.2. The number of rotatable bonds is 8. The second kappa shape index (κ2) is 13.7. The van der Waals surface area contributed by atoms with E-state index in [1.807, 2.05) is 32.0 Å². The van der Waals surface area contributed by atoms with Gasteiger partial charge in [-0.15, -0.1) is 0 Å². The Morgan fingerprint density at radius 3 is 2.16 bits per heavy atom. The van der Waals surface area contributed by atoms with Crippen LogP contribution in [0.2, 0.25) is 0 Å². The van der Waals surface area contributed by atoms with E-state index in [0.29, 0.717) is 39.1 Å². The van der Waals surface area contributed by atoms with Gasteiger partial charge in [0.05, 0.1) is 20.8 Å². The van der Waals surface area contributed by atoms with E-state index < -0.39 is 41.5 Å². The number of carbonyl (C=O) groups excluding carboxylic acids is 3. The van der Waals surface area contributed by atoms with Crippen molar-refractivity contribution in [3.63, 3.8) is 0 Å². The topological polar surface area (TPSA) is 118 Å². The summed E-state index contributed by atoms with van der Waals surface area (Å²) in [6.07, 6.45) is -6.78. The average Bonchev–Trinajstić information content (AvgIpc) is 3.44. The van der Waals surface area contributed by atoms with Gasteiger partial charge in [0, 0.05) is 29.5 Å². The first kappa shape index (κ1) is 36.3. The number of hydrogen-bond donors (Lipinski definition) is 1. The first-order chi connectivity index (χ1) is 23.6. The molecule has 9 nitrogen and oxygen atoms in total. The second-order valence-electron chi connectivity index (χ2n) is 12.6. The van der Waals surface area contributed by atoms with Crippen LogP contribution >= 0.6 is 0 Å². The van der Waals surface area contributed by atoms with Crippen molar-refractivity contribution in [2.24, 2.45) is 5.41 Å². The number of alkyl halides is 3. The Morgan fingerprint density at radius 2 is 1.56 bits per heavy atom. The van der Waals surface area contributed by atoms with Crippen LogP contribution in [0.3, 0.4) is 0 Å². The molecule has 0 fully saturated rings. The number of aliphatic hydroxyl groups is 1. The minimum Gasteiger partial charge on any atom is -0.488 e. The number of aryl methyl sites for hydroxylation is 3. The van der Waals surface area contributed by atoms with Gasteiger partial charge in [0.25, 0.3) is 5.60 Å². The van der Waals surface area contributed by atoms with Gasteiger partial charge in [-0.1, -0.05) is 30.0 Å². The monoisotopic (exact) mass is 694 g/mol. The number of esters is 3. The van der Waals surface area contributed by atoms with Crippen molar-refractivity contribution in [2.75, 3.05) is 27.4 Å². The van der Waals surface area contributed by atoms with E-state index in [1.165, 1.54) is 13.0 Å². The van der Waals surface area contributed by atoms with E-state index in [2.05, 4.69) is 16.6 Å². The zero-order valence-electron chi connectivity index (χ0n) is 28.6. The molecule has 1 unspecified atom stereocenters. The number of halogens is 3. The van der Waals surface area contributed by atoms with Gasteiger partial charge in [0.1, 0.15) is 24.7 Å². The highest BCUT2D eigenvalue weighted by atomic mass is 19.4. The fourth-order valence-corrected chi connectivity index (χ4v) is 6.77. The molecule has 0 radical (unpaired) electrons. The Bertz CT molecular complexity index is 1900. The highest BCUT2D eigenvalue weighted by Gasteiger charge is 2.61. The number of fused-ring (bicyclic) bond motifs is 4. The Balaban J connectivity index is 1.70. The van der Waals surface area contributed by atoms with Crippen molar-refractivity contribution < 1.29 is 56.3 Å². The van der Waals surface area contributed by atoms with E-state index in [1.54, 1.807) is 19.1 Å². The van der Waals surface area contributed by atoms with Crippen molar-refractivity contribution in [2.45, 2.75) is 65.3 Å². The first-order valence-electron chi connectivity index (χ1n) is 15.9. The summed E-state index contributed by atoms with van der Waals surface area (Å²) in [6.45, 7) is 6.41. The summed E-state index contributed by atoms with van der Waals surface area (Å²) < 4.78 is 69.9. The van der Waals surface area contributed by atoms with E-state index in [9.17, 15) is 32.7 Å². The quantitative estimate of drug-likeness (QED) is 0.143. The van der Waals surface area contributed by atoms with E-state index >= 15 is 0 Å². The zero-order valence-corrected chi connectivity index (χ0v) is 28.6. The Hall–Kier alpha value is -5.02. The lowest BCUT2D eigenvalue weighted by Gasteiger charge is -2.31. The molecule has 3 aromatic carbocycles. The zero-order chi connectivity index (χ0) is 36.6. The Kier molecular flexibility index (Phi) is 9.94. The average molecular weight is 695 g/mol. The van der Waals surface area contributed by atoms with Gasteiger partial charge in [-0.25, -0.2) is 4.79 Å². The number of ether oxygens (including phenoxy) is 5. The number of carbonyl (C=O) groups is 3. The number of methoxy groups -OCH3 is 2. The molecule has 0 amide bonds. The summed E-state index contributed by atoms with van der Waals surface area (Å²) in [5.41, 5.74) is -0.506. The van der Waals surface area contributed by atoms with Crippen LogP contribution in [0.5, 0.6) is 11.5 Å². The maximum atomic E-state index is 14.4. The fraction of sp³-hybridized carbons (Fsp3) is 0.395. The van der Waals surface area contributed by atoms with Gasteiger partial charge in [-0.05, 0) is 91.3 Å². The lowest BCUT2D eigenvalue weighted by molar-refractivity contribution is -0.262. The van der Waals surface area contributed by atoms with Crippen molar-refractivity contribution in [1.82, 2.24) is 0 Å². The van der Waals surface area contributed by atoms with Crippen molar-refractivity contribution in [1.29, 1.82) is 0 Å². The minimum absolute atomic E-state index is 0.0273. The van der Waals surface area contributed by atoms with Crippen molar-refractivity contribution in [3.8, 4) is 34.5 Å². The van der Waals surface area contributed by atoms with E-state index in [0.717, 1.165) is 25.3 Å². The standard InChI is InChI=1S/C38H37F3O9/c1-7-48-35(44)37(45,38(39,40)41)18-25-12-23(4)15-31-32(25)28-16-24-17-36(33(42)46-5,34(43)47-6)19-29(24)27(30(28)20-50-31)9-8-10-49-26-13-21(2)11-22(3)14-26/h11-16,45H,7,10,17-20H2,1-6H3. The minimum atomic E-state index is -5.38. The summed E-state index contributed by atoms with van der Waals surface area (Å²) >= 11 is 0. The lowest BCUT2D eigenvalue weighted by atomic mass is 9.82. The third kappa shape index (κ3) is 6.50. The van der Waals surface area contributed by atoms with Crippen LogP contribution in [-0.2, 0) is 54.5 Å². The van der Waals surface area contributed by atoms with Gasteiger partial charge in [0.2, 0.25) is 0 Å². The molecular formula is C38H37F3O9. The molecule has 0 saturated carbocycles. The van der Waals surface area contributed by atoms with Gasteiger partial charge in [-0.3, -0.25) is 9.59 Å². The molecule has 0 aromatic heterocycles. The summed E-state index contributed by atoms with van der Waals surface area (Å²) in [4.78, 5) is 39.0. The molecule has 0 bridgehead atoms. The second-order valence-corrected chi connectivity index (χ2v) is 12.6. The van der Waals surface area contributed by atoms with Crippen LogP contribution in [-0.4, -0.2) is 62.2 Å². The fourth-order valence-electron chi connectivity index (χ4n) is 6.77. The molecule has 1 atom stereocenters. The highest BCUT2D eigenvalue weighted by Crippen LogP contribution is 2.49. The maximum Gasteiger partial charge on any atom is 0.428 e. The molecule has 12 heteroatoms. The Labute approximate surface area is 287 Å². The number of benzene rings is 3. The van der Waals surface area contributed by atoms with Gasteiger partial charge < -0.3 is 28.8 Å². The molecule has 1 N–H and O–H groups in total. The van der Waals surface area contributed by atoms with E-state index in [-0.39, 0.29) is 49.5 Å². The molecular weight excluding hydrogens is 657 g/mol. The molecule has 5 rings (SSSR count). The SMILES string of the molecule is CCOC(=O)C(O)(Cc1cc(C)cc2c1-c1cc3c(c(C#CCOc4cc(C)cc(C)c4)c1CO2)CC(C(=O)OC)(C(=O)OC)C3)C(F)(F)F. The van der Waals surface area contributed by atoms with E-state index in [4.69, 9.17) is 18.9 Å². The van der Waals surface area contributed by atoms with Crippen molar-refractivity contribution in [3.05, 3.63) is 80.9 Å². The van der Waals surface area contributed by atoms with Crippen LogP contribution in [0.1, 0.15) is 51.4 Å². The molecule has 0 saturated heterocycles. The van der Waals surface area contributed by atoms with Crippen LogP contribution in [0.25, 0.3) is 11.1 Å². The molecule has 1 heterocycles. The molecule has 3 aromatic rings. The highest BCUT2D eigenvalue weighted by molar-refractivity contribution is 6.02. The molecule has 2 aliphatic rings. The predicted octanol–water partition coefficient (Wildman–Crippen LogP) is 5.43. The van der Waals surface area contributed by atoms with Crippen LogP contribution in [0.4, 0.5) is 13.2 Å². The number of hydrogen-bond acceptors (Lipinski definition) is 9. The molecule has 264 valence electrons.